The van der Waals surface area contributed by atoms with Gasteiger partial charge in [-0.15, -0.1) is 0 Å². The quantitative estimate of drug-likeness (QED) is 0.653. The van der Waals surface area contributed by atoms with Crippen LogP contribution in [0.2, 0.25) is 0 Å². The van der Waals surface area contributed by atoms with Crippen LogP contribution in [0, 0.1) is 5.41 Å². The van der Waals surface area contributed by atoms with Crippen LogP contribution in [-0.2, 0) is 19.0 Å². The van der Waals surface area contributed by atoms with Crippen molar-refractivity contribution >= 4 is 5.97 Å². The number of esters is 1. The van der Waals surface area contributed by atoms with Gasteiger partial charge in [0.15, 0.2) is 5.82 Å². The van der Waals surface area contributed by atoms with Crippen LogP contribution in [0.4, 0.5) is 0 Å². The molecule has 150 valence electrons. The number of H-pyrrole nitrogens is 1. The lowest BCUT2D eigenvalue weighted by Gasteiger charge is -2.35. The summed E-state index contributed by atoms with van der Waals surface area (Å²) in [4.78, 5) is 19.3. The van der Waals surface area contributed by atoms with Gasteiger partial charge in [0, 0.05) is 23.5 Å². The Morgan fingerprint density at radius 1 is 1.07 bits per heavy atom. The number of nitrogens with zero attached hydrogens (tertiary/aromatic N) is 1. The lowest BCUT2D eigenvalue weighted by molar-refractivity contribution is -0.241. The van der Waals surface area contributed by atoms with Crippen molar-refractivity contribution in [3.63, 3.8) is 0 Å². The van der Waals surface area contributed by atoms with Gasteiger partial charge in [0.2, 0.25) is 6.29 Å². The van der Waals surface area contributed by atoms with E-state index < -0.39 is 6.29 Å². The lowest BCUT2D eigenvalue weighted by atomic mass is 9.93. The zero-order valence-electron chi connectivity index (χ0n) is 16.6. The van der Waals surface area contributed by atoms with E-state index in [1.54, 1.807) is 0 Å². The summed E-state index contributed by atoms with van der Waals surface area (Å²) in [6.07, 6.45) is -0.597. The summed E-state index contributed by atoms with van der Waals surface area (Å²) in [5.41, 5.74) is 3.46. The first kappa shape index (κ1) is 19.4. The summed E-state index contributed by atoms with van der Waals surface area (Å²) in [6.45, 7) is 4.45. The van der Waals surface area contributed by atoms with Crippen molar-refractivity contribution in [1.29, 1.82) is 0 Å². The van der Waals surface area contributed by atoms with Crippen molar-refractivity contribution in [2.75, 3.05) is 19.8 Å². The Hall–Kier alpha value is -2.96. The Morgan fingerprint density at radius 3 is 2.24 bits per heavy atom. The second kappa shape index (κ2) is 8.19. The molecule has 4 rings (SSSR count). The third-order valence-electron chi connectivity index (χ3n) is 4.85. The SMILES string of the molecule is CC(=O)OC[C@]1(C)CO[C@@H](c2nc(-c3ccccc3)c(-c3ccccc3)[nH]2)OC1. The first-order valence-corrected chi connectivity index (χ1v) is 9.61. The molecule has 2 aromatic carbocycles. The normalized spacial score (nSPS) is 21.7. The smallest absolute Gasteiger partial charge is 0.302 e. The van der Waals surface area contributed by atoms with Gasteiger partial charge < -0.3 is 19.2 Å². The van der Waals surface area contributed by atoms with Gasteiger partial charge in [0.05, 0.1) is 24.6 Å². The third-order valence-corrected chi connectivity index (χ3v) is 4.85. The molecule has 0 amide bonds. The van der Waals surface area contributed by atoms with Crippen LogP contribution >= 0.6 is 0 Å². The van der Waals surface area contributed by atoms with Crippen LogP contribution in [-0.4, -0.2) is 35.8 Å². The zero-order chi connectivity index (χ0) is 20.3. The standard InChI is InChI=1S/C23H24N2O4/c1-16(26)27-13-23(2)14-28-22(29-15-23)21-24-19(17-9-5-3-6-10-17)20(25-21)18-11-7-4-8-12-18/h3-12,22H,13-15H2,1-2H3,(H,24,25)/t22-,23-. The molecule has 0 bridgehead atoms. The van der Waals surface area contributed by atoms with Crippen molar-refractivity contribution in [2.24, 2.45) is 5.41 Å². The van der Waals surface area contributed by atoms with E-state index in [0.29, 0.717) is 19.0 Å². The molecule has 1 N–H and O–H groups in total. The summed E-state index contributed by atoms with van der Waals surface area (Å²) in [7, 11) is 0. The number of rotatable bonds is 5. The molecule has 1 aliphatic rings. The summed E-state index contributed by atoms with van der Waals surface area (Å²) in [5.74, 6) is 0.316. The number of hydrogen-bond donors (Lipinski definition) is 1. The first-order valence-electron chi connectivity index (χ1n) is 9.61. The Labute approximate surface area is 169 Å². The van der Waals surface area contributed by atoms with Crippen LogP contribution in [0.5, 0.6) is 0 Å². The Morgan fingerprint density at radius 2 is 1.66 bits per heavy atom. The minimum Gasteiger partial charge on any atom is -0.465 e. The van der Waals surface area contributed by atoms with E-state index in [1.165, 1.54) is 6.92 Å². The van der Waals surface area contributed by atoms with Gasteiger partial charge in [0.25, 0.3) is 0 Å². The maximum Gasteiger partial charge on any atom is 0.302 e. The first-order chi connectivity index (χ1) is 14.0. The minimum atomic E-state index is -0.597. The second-order valence-electron chi connectivity index (χ2n) is 7.62. The molecule has 0 spiro atoms. The summed E-state index contributed by atoms with van der Waals surface area (Å²) in [6, 6.07) is 20.1. The van der Waals surface area contributed by atoms with Crippen molar-refractivity contribution in [3.05, 3.63) is 66.5 Å². The molecule has 0 aliphatic carbocycles. The highest BCUT2D eigenvalue weighted by Crippen LogP contribution is 2.35. The van der Waals surface area contributed by atoms with Crippen LogP contribution in [0.25, 0.3) is 22.5 Å². The van der Waals surface area contributed by atoms with Gasteiger partial charge in [-0.3, -0.25) is 4.79 Å². The van der Waals surface area contributed by atoms with Gasteiger partial charge in [0.1, 0.15) is 6.61 Å². The fraction of sp³-hybridized carbons (Fsp3) is 0.304. The highest BCUT2D eigenvalue weighted by molar-refractivity contribution is 5.78. The molecule has 3 aromatic rings. The molecule has 1 aromatic heterocycles. The number of carbonyl (C=O) groups excluding carboxylic acids is 1. The van der Waals surface area contributed by atoms with Gasteiger partial charge in [-0.25, -0.2) is 4.98 Å². The van der Waals surface area contributed by atoms with Crippen molar-refractivity contribution < 1.29 is 19.0 Å². The van der Waals surface area contributed by atoms with Gasteiger partial charge >= 0.3 is 5.97 Å². The number of aromatic nitrogens is 2. The molecule has 1 saturated heterocycles. The van der Waals surface area contributed by atoms with E-state index in [0.717, 1.165) is 22.5 Å². The highest BCUT2D eigenvalue weighted by Gasteiger charge is 2.36. The van der Waals surface area contributed by atoms with Crippen LogP contribution in [0.15, 0.2) is 60.7 Å². The fourth-order valence-electron chi connectivity index (χ4n) is 3.28. The molecule has 1 aliphatic heterocycles. The van der Waals surface area contributed by atoms with Crippen molar-refractivity contribution in [1.82, 2.24) is 9.97 Å². The molecule has 0 saturated carbocycles. The topological polar surface area (TPSA) is 73.4 Å². The Kier molecular flexibility index (Phi) is 5.47. The summed E-state index contributed by atoms with van der Waals surface area (Å²) >= 11 is 0. The van der Waals surface area contributed by atoms with Gasteiger partial charge in [-0.2, -0.15) is 0 Å². The molecule has 2 heterocycles. The second-order valence-corrected chi connectivity index (χ2v) is 7.62. The zero-order valence-corrected chi connectivity index (χ0v) is 16.6. The maximum absolute atomic E-state index is 11.1. The predicted octanol–water partition coefficient (Wildman–Crippen LogP) is 4.36. The molecule has 0 radical (unpaired) electrons. The Balaban J connectivity index is 1.59. The van der Waals surface area contributed by atoms with E-state index in [-0.39, 0.29) is 18.0 Å². The number of benzene rings is 2. The maximum atomic E-state index is 11.1. The van der Waals surface area contributed by atoms with Crippen molar-refractivity contribution in [2.45, 2.75) is 20.1 Å². The molecular formula is C23H24N2O4. The number of carbonyl (C=O) groups is 1. The monoisotopic (exact) mass is 392 g/mol. The predicted molar refractivity (Wildman–Crippen MR) is 109 cm³/mol. The fourth-order valence-corrected chi connectivity index (χ4v) is 3.28. The van der Waals surface area contributed by atoms with E-state index in [2.05, 4.69) is 4.98 Å². The molecule has 0 atom stereocenters. The number of hydrogen-bond acceptors (Lipinski definition) is 5. The average Bonchev–Trinajstić information content (AvgIpc) is 3.20. The number of ether oxygens (including phenoxy) is 3. The number of imidazole rings is 1. The van der Waals surface area contributed by atoms with E-state index in [9.17, 15) is 4.79 Å². The van der Waals surface area contributed by atoms with E-state index in [1.807, 2.05) is 67.6 Å². The van der Waals surface area contributed by atoms with E-state index >= 15 is 0 Å². The van der Waals surface area contributed by atoms with Crippen LogP contribution in [0.1, 0.15) is 26.0 Å². The average molecular weight is 392 g/mol. The number of nitrogens with one attached hydrogen (secondary N) is 1. The molecule has 1 fully saturated rings. The largest absolute Gasteiger partial charge is 0.465 e. The van der Waals surface area contributed by atoms with Crippen molar-refractivity contribution in [3.8, 4) is 22.5 Å². The van der Waals surface area contributed by atoms with Gasteiger partial charge in [-0.05, 0) is 0 Å². The number of aromatic amines is 1. The van der Waals surface area contributed by atoms with E-state index in [4.69, 9.17) is 19.2 Å². The highest BCUT2D eigenvalue weighted by atomic mass is 16.7. The minimum absolute atomic E-state index is 0.262. The molecular weight excluding hydrogens is 368 g/mol. The third kappa shape index (κ3) is 4.39. The van der Waals surface area contributed by atoms with Crippen LogP contribution < -0.4 is 0 Å². The molecule has 29 heavy (non-hydrogen) atoms. The molecule has 6 heteroatoms. The van der Waals surface area contributed by atoms with Gasteiger partial charge in [-0.1, -0.05) is 67.6 Å². The Bertz CT molecular complexity index is 904. The molecule has 0 unspecified atom stereocenters. The summed E-state index contributed by atoms with van der Waals surface area (Å²) < 4.78 is 17.0. The lowest BCUT2D eigenvalue weighted by Crippen LogP contribution is -2.40. The van der Waals surface area contributed by atoms with Crippen LogP contribution in [0.3, 0.4) is 0 Å². The summed E-state index contributed by atoms with van der Waals surface area (Å²) in [5, 5.41) is 0. The molecule has 6 nitrogen and oxygen atoms in total.